The third-order valence-corrected chi connectivity index (χ3v) is 7.66. The second kappa shape index (κ2) is 7.02. The van der Waals surface area contributed by atoms with Crippen molar-refractivity contribution in [3.05, 3.63) is 35.4 Å². The third kappa shape index (κ3) is 3.81. The van der Waals surface area contributed by atoms with E-state index in [0.29, 0.717) is 7.92 Å². The molecule has 2 atom stereocenters. The van der Waals surface area contributed by atoms with E-state index in [0.717, 1.165) is 31.0 Å². The van der Waals surface area contributed by atoms with E-state index in [2.05, 4.69) is 36.5 Å². The first-order chi connectivity index (χ1) is 9.86. The van der Waals surface area contributed by atoms with Crippen molar-refractivity contribution in [3.8, 4) is 0 Å². The highest BCUT2D eigenvalue weighted by Crippen LogP contribution is 2.64. The van der Waals surface area contributed by atoms with E-state index in [9.17, 15) is 0 Å². The van der Waals surface area contributed by atoms with E-state index in [4.69, 9.17) is 4.74 Å². The molecule has 2 aliphatic heterocycles. The lowest BCUT2D eigenvalue weighted by Gasteiger charge is -2.22. The van der Waals surface area contributed by atoms with Crippen LogP contribution in [0, 0.1) is 0 Å². The van der Waals surface area contributed by atoms with Gasteiger partial charge < -0.3 is 10.1 Å². The lowest BCUT2D eigenvalue weighted by Crippen LogP contribution is -2.29. The van der Waals surface area contributed by atoms with Gasteiger partial charge in [0, 0.05) is 5.66 Å². The Morgan fingerprint density at radius 2 is 1.85 bits per heavy atom. The summed E-state index contributed by atoms with van der Waals surface area (Å²) in [5.41, 5.74) is 4.66. The summed E-state index contributed by atoms with van der Waals surface area (Å²) in [5.74, 6) is 0. The summed E-state index contributed by atoms with van der Waals surface area (Å²) in [5, 5.41) is 3.47. The average molecular weight is 291 g/mol. The fourth-order valence-corrected chi connectivity index (χ4v) is 6.01. The Balaban J connectivity index is 1.36. The molecule has 3 rings (SSSR count). The Morgan fingerprint density at radius 3 is 2.55 bits per heavy atom. The summed E-state index contributed by atoms with van der Waals surface area (Å²) < 4.78 is 5.94. The molecule has 2 saturated heterocycles. The molecule has 0 bridgehead atoms. The molecule has 0 saturated carbocycles. The topological polar surface area (TPSA) is 21.3 Å². The highest BCUT2D eigenvalue weighted by molar-refractivity contribution is 7.67. The van der Waals surface area contributed by atoms with Gasteiger partial charge in [0.2, 0.25) is 0 Å². The molecule has 2 heterocycles. The molecule has 0 aliphatic carbocycles. The molecule has 2 unspecified atom stereocenters. The first-order valence-electron chi connectivity index (χ1n) is 7.99. The lowest BCUT2D eigenvalue weighted by molar-refractivity contribution is 0.128. The van der Waals surface area contributed by atoms with Gasteiger partial charge in [0.25, 0.3) is 0 Å². The average Bonchev–Trinajstić information content (AvgIpc) is 3.28. The number of benzene rings is 1. The number of aryl methyl sites for hydroxylation is 1. The van der Waals surface area contributed by atoms with E-state index < -0.39 is 0 Å². The molecule has 2 nitrogen and oxygen atoms in total. The van der Waals surface area contributed by atoms with Crippen molar-refractivity contribution in [1.29, 1.82) is 0 Å². The number of rotatable bonds is 6. The van der Waals surface area contributed by atoms with Crippen LogP contribution in [0.5, 0.6) is 0 Å². The predicted octanol–water partition coefficient (Wildman–Crippen LogP) is 3.38. The summed E-state index contributed by atoms with van der Waals surface area (Å²) in [6.45, 7) is 6.45. The smallest absolute Gasteiger partial charge is 0.0717 e. The Bertz CT molecular complexity index is 414. The van der Waals surface area contributed by atoms with Crippen LogP contribution in [0.15, 0.2) is 24.3 Å². The standard InChI is InChI=1S/C17H26NOP/c1-2-14-3-5-15(6-4-14)11-19-12-17-13-20(17)16-7-9-18-10-8-16/h3-6,16-18H,2,7-13H2,1H3. The summed E-state index contributed by atoms with van der Waals surface area (Å²) in [7, 11) is 0.315. The molecule has 20 heavy (non-hydrogen) atoms. The van der Waals surface area contributed by atoms with E-state index >= 15 is 0 Å². The van der Waals surface area contributed by atoms with Crippen LogP contribution in [-0.2, 0) is 17.8 Å². The molecule has 3 heteroatoms. The van der Waals surface area contributed by atoms with E-state index in [1.807, 2.05) is 0 Å². The van der Waals surface area contributed by atoms with Crippen LogP contribution >= 0.6 is 7.92 Å². The number of nitrogens with one attached hydrogen (secondary N) is 1. The number of hydrogen-bond acceptors (Lipinski definition) is 2. The minimum atomic E-state index is 0.315. The van der Waals surface area contributed by atoms with Crippen molar-refractivity contribution in [2.45, 2.75) is 44.1 Å². The Labute approximate surface area is 124 Å². The maximum Gasteiger partial charge on any atom is 0.0717 e. The number of ether oxygens (including phenoxy) is 1. The van der Waals surface area contributed by atoms with Crippen molar-refractivity contribution in [1.82, 2.24) is 5.32 Å². The molecule has 2 aliphatic rings. The highest BCUT2D eigenvalue weighted by atomic mass is 31.1. The van der Waals surface area contributed by atoms with Gasteiger partial charge in [-0.3, -0.25) is 0 Å². The monoisotopic (exact) mass is 291 g/mol. The van der Waals surface area contributed by atoms with E-state index in [1.54, 1.807) is 0 Å². The Hall–Kier alpha value is -0.430. The predicted molar refractivity (Wildman–Crippen MR) is 86.9 cm³/mol. The third-order valence-electron chi connectivity index (χ3n) is 4.54. The molecule has 1 N–H and O–H groups in total. The molecule has 0 aromatic heterocycles. The summed E-state index contributed by atoms with van der Waals surface area (Å²) in [6, 6.07) is 8.86. The first-order valence-corrected chi connectivity index (χ1v) is 9.65. The molecule has 1 aromatic rings. The van der Waals surface area contributed by atoms with Gasteiger partial charge in [-0.05, 0) is 55.3 Å². The summed E-state index contributed by atoms with van der Waals surface area (Å²) in [4.78, 5) is 0. The molecular weight excluding hydrogens is 265 g/mol. The Kier molecular flexibility index (Phi) is 5.09. The van der Waals surface area contributed by atoms with Gasteiger partial charge >= 0.3 is 0 Å². The van der Waals surface area contributed by atoms with Crippen LogP contribution < -0.4 is 5.32 Å². The maximum atomic E-state index is 5.94. The van der Waals surface area contributed by atoms with Gasteiger partial charge in [-0.2, -0.15) is 0 Å². The molecule has 0 amide bonds. The zero-order chi connectivity index (χ0) is 13.8. The number of hydrogen-bond donors (Lipinski definition) is 1. The molecule has 2 fully saturated rings. The zero-order valence-electron chi connectivity index (χ0n) is 12.5. The van der Waals surface area contributed by atoms with Crippen LogP contribution in [0.4, 0.5) is 0 Å². The van der Waals surface area contributed by atoms with Crippen molar-refractivity contribution in [2.24, 2.45) is 0 Å². The second-order valence-electron chi connectivity index (χ2n) is 6.02. The fourth-order valence-electron chi connectivity index (χ4n) is 3.11. The molecule has 0 spiro atoms. The number of piperidine rings is 1. The summed E-state index contributed by atoms with van der Waals surface area (Å²) in [6.07, 6.45) is 5.39. The van der Waals surface area contributed by atoms with E-state index in [1.165, 1.54) is 43.2 Å². The Morgan fingerprint density at radius 1 is 1.15 bits per heavy atom. The SMILES string of the molecule is CCc1ccc(COCC2CP2C2CCNCC2)cc1. The van der Waals surface area contributed by atoms with Crippen LogP contribution in [0.2, 0.25) is 0 Å². The molecule has 0 radical (unpaired) electrons. The van der Waals surface area contributed by atoms with Gasteiger partial charge in [0.15, 0.2) is 0 Å². The van der Waals surface area contributed by atoms with Crippen LogP contribution in [-0.4, -0.2) is 37.2 Å². The largest absolute Gasteiger partial charge is 0.376 e. The fraction of sp³-hybridized carbons (Fsp3) is 0.647. The normalized spacial score (nSPS) is 26.6. The van der Waals surface area contributed by atoms with E-state index in [-0.39, 0.29) is 0 Å². The second-order valence-corrected chi connectivity index (χ2v) is 8.87. The van der Waals surface area contributed by atoms with Crippen LogP contribution in [0.3, 0.4) is 0 Å². The van der Waals surface area contributed by atoms with Gasteiger partial charge in [0.1, 0.15) is 0 Å². The van der Waals surface area contributed by atoms with Crippen molar-refractivity contribution in [3.63, 3.8) is 0 Å². The summed E-state index contributed by atoms with van der Waals surface area (Å²) >= 11 is 0. The molecular formula is C17H26NOP. The van der Waals surface area contributed by atoms with Gasteiger partial charge in [0.05, 0.1) is 13.2 Å². The van der Waals surface area contributed by atoms with Crippen molar-refractivity contribution < 1.29 is 4.74 Å². The zero-order valence-corrected chi connectivity index (χ0v) is 13.4. The van der Waals surface area contributed by atoms with Gasteiger partial charge in [-0.1, -0.05) is 39.1 Å². The van der Waals surface area contributed by atoms with Gasteiger partial charge in [-0.25, -0.2) is 0 Å². The molecule has 1 aromatic carbocycles. The van der Waals surface area contributed by atoms with Crippen molar-refractivity contribution >= 4 is 7.92 Å². The maximum absolute atomic E-state index is 5.94. The highest BCUT2D eigenvalue weighted by Gasteiger charge is 2.42. The van der Waals surface area contributed by atoms with Crippen LogP contribution in [0.25, 0.3) is 0 Å². The van der Waals surface area contributed by atoms with Crippen molar-refractivity contribution in [2.75, 3.05) is 25.9 Å². The quantitative estimate of drug-likeness (QED) is 0.811. The van der Waals surface area contributed by atoms with Gasteiger partial charge in [-0.15, -0.1) is 0 Å². The molecule has 110 valence electrons. The lowest BCUT2D eigenvalue weighted by atomic mass is 10.1. The minimum Gasteiger partial charge on any atom is -0.376 e. The first kappa shape index (κ1) is 14.5. The minimum absolute atomic E-state index is 0.315. The van der Waals surface area contributed by atoms with Crippen LogP contribution in [0.1, 0.15) is 30.9 Å².